The first kappa shape index (κ1) is 22.2. The zero-order valence-electron chi connectivity index (χ0n) is 14.9. The van der Waals surface area contributed by atoms with Crippen LogP contribution in [0.25, 0.3) is 0 Å². The third-order valence-electron chi connectivity index (χ3n) is 3.94. The predicted octanol–water partition coefficient (Wildman–Crippen LogP) is 6.55. The molecule has 156 valence electrons. The standard InChI is InChI=1S/C20H12Cl3F3N2O2/c21-10-1-3-12(14(22)5-10)17(26)8-28-20(29)13-7-19(23)27-9-18(13)30-11-2-4-15(24)16(25)6-11/h1-7,9,17H,8H2,(H,28,29). The maximum atomic E-state index is 14.5. The van der Waals surface area contributed by atoms with Crippen LogP contribution in [-0.4, -0.2) is 17.4 Å². The molecule has 0 fully saturated rings. The van der Waals surface area contributed by atoms with Crippen molar-refractivity contribution in [2.75, 3.05) is 6.54 Å². The lowest BCUT2D eigenvalue weighted by Gasteiger charge is -2.14. The summed E-state index contributed by atoms with van der Waals surface area (Å²) in [4.78, 5) is 16.4. The van der Waals surface area contributed by atoms with Gasteiger partial charge < -0.3 is 10.1 Å². The van der Waals surface area contributed by atoms with Crippen LogP contribution in [0.4, 0.5) is 13.2 Å². The first-order chi connectivity index (χ1) is 14.2. The molecular formula is C20H12Cl3F3N2O2. The molecule has 0 aliphatic carbocycles. The molecule has 1 N–H and O–H groups in total. The SMILES string of the molecule is O=C(NCC(F)c1ccc(Cl)cc1Cl)c1cc(Cl)ncc1Oc1ccc(F)c(F)c1. The van der Waals surface area contributed by atoms with Crippen molar-refractivity contribution in [3.8, 4) is 11.5 Å². The highest BCUT2D eigenvalue weighted by Gasteiger charge is 2.19. The number of hydrogen-bond donors (Lipinski definition) is 1. The van der Waals surface area contributed by atoms with Crippen molar-refractivity contribution < 1.29 is 22.7 Å². The van der Waals surface area contributed by atoms with Crippen molar-refractivity contribution in [1.82, 2.24) is 10.3 Å². The number of aromatic nitrogens is 1. The Morgan fingerprint density at radius 2 is 1.83 bits per heavy atom. The summed E-state index contributed by atoms with van der Waals surface area (Å²) in [6.45, 7) is -0.398. The molecule has 4 nitrogen and oxygen atoms in total. The Morgan fingerprint density at radius 1 is 1.07 bits per heavy atom. The Kier molecular flexibility index (Phi) is 7.07. The number of nitrogens with zero attached hydrogens (tertiary/aromatic N) is 1. The maximum absolute atomic E-state index is 14.5. The molecule has 0 bridgehead atoms. The van der Waals surface area contributed by atoms with Gasteiger partial charge in [-0.1, -0.05) is 40.9 Å². The van der Waals surface area contributed by atoms with Gasteiger partial charge in [-0.25, -0.2) is 18.2 Å². The number of halogens is 6. The van der Waals surface area contributed by atoms with Crippen LogP contribution in [0, 0.1) is 11.6 Å². The summed E-state index contributed by atoms with van der Waals surface area (Å²) < 4.78 is 46.4. The van der Waals surface area contributed by atoms with E-state index >= 15 is 0 Å². The predicted molar refractivity (Wildman–Crippen MR) is 108 cm³/mol. The molecule has 0 saturated carbocycles. The second kappa shape index (κ2) is 9.55. The molecule has 3 rings (SSSR count). The van der Waals surface area contributed by atoms with Gasteiger partial charge in [-0.2, -0.15) is 0 Å². The van der Waals surface area contributed by atoms with Crippen molar-refractivity contribution in [2.24, 2.45) is 0 Å². The molecule has 1 atom stereocenters. The van der Waals surface area contributed by atoms with Crippen LogP contribution >= 0.6 is 34.8 Å². The Balaban J connectivity index is 1.76. The zero-order valence-corrected chi connectivity index (χ0v) is 17.2. The number of ether oxygens (including phenoxy) is 1. The van der Waals surface area contributed by atoms with Crippen molar-refractivity contribution in [3.63, 3.8) is 0 Å². The van der Waals surface area contributed by atoms with Crippen LogP contribution in [0.3, 0.4) is 0 Å². The monoisotopic (exact) mass is 474 g/mol. The average molecular weight is 476 g/mol. The Bertz CT molecular complexity index is 1100. The highest BCUT2D eigenvalue weighted by atomic mass is 35.5. The van der Waals surface area contributed by atoms with Crippen LogP contribution in [0.1, 0.15) is 22.1 Å². The molecular weight excluding hydrogens is 464 g/mol. The number of rotatable bonds is 6. The zero-order chi connectivity index (χ0) is 21.8. The van der Waals surface area contributed by atoms with Crippen LogP contribution in [0.5, 0.6) is 11.5 Å². The minimum absolute atomic E-state index is 0.0182. The second-order valence-corrected chi connectivity index (χ2v) is 7.26. The van der Waals surface area contributed by atoms with E-state index in [4.69, 9.17) is 39.5 Å². The number of alkyl halides is 1. The highest BCUT2D eigenvalue weighted by molar-refractivity contribution is 6.35. The number of pyridine rings is 1. The summed E-state index contributed by atoms with van der Waals surface area (Å²) in [5.74, 6) is -3.04. The minimum Gasteiger partial charge on any atom is -0.455 e. The molecule has 3 aromatic rings. The number of amides is 1. The van der Waals surface area contributed by atoms with E-state index in [9.17, 15) is 18.0 Å². The molecule has 0 radical (unpaired) electrons. The summed E-state index contributed by atoms with van der Waals surface area (Å²) in [7, 11) is 0. The first-order valence-electron chi connectivity index (χ1n) is 8.40. The summed E-state index contributed by atoms with van der Waals surface area (Å²) in [5.41, 5.74) is 0.0847. The largest absolute Gasteiger partial charge is 0.455 e. The topological polar surface area (TPSA) is 51.2 Å². The van der Waals surface area contributed by atoms with Gasteiger partial charge in [0.25, 0.3) is 5.91 Å². The number of hydrogen-bond acceptors (Lipinski definition) is 3. The first-order valence-corrected chi connectivity index (χ1v) is 9.53. The van der Waals surface area contributed by atoms with Gasteiger partial charge in [0.15, 0.2) is 17.4 Å². The van der Waals surface area contributed by atoms with Crippen LogP contribution < -0.4 is 10.1 Å². The quantitative estimate of drug-likeness (QED) is 0.411. The second-order valence-electron chi connectivity index (χ2n) is 6.02. The van der Waals surface area contributed by atoms with Gasteiger partial charge in [-0.05, 0) is 30.3 Å². The van der Waals surface area contributed by atoms with Gasteiger partial charge in [0.05, 0.1) is 18.3 Å². The fourth-order valence-corrected chi connectivity index (χ4v) is 3.17. The van der Waals surface area contributed by atoms with E-state index in [-0.39, 0.29) is 32.8 Å². The lowest BCUT2D eigenvalue weighted by atomic mass is 10.1. The van der Waals surface area contributed by atoms with Crippen LogP contribution in [-0.2, 0) is 0 Å². The molecule has 0 saturated heterocycles. The van der Waals surface area contributed by atoms with Gasteiger partial charge in [0.2, 0.25) is 0 Å². The molecule has 30 heavy (non-hydrogen) atoms. The minimum atomic E-state index is -1.61. The molecule has 0 aliphatic heterocycles. The smallest absolute Gasteiger partial charge is 0.255 e. The highest BCUT2D eigenvalue weighted by Crippen LogP contribution is 2.30. The maximum Gasteiger partial charge on any atom is 0.255 e. The molecule has 2 aromatic carbocycles. The Morgan fingerprint density at radius 3 is 2.53 bits per heavy atom. The third-order valence-corrected chi connectivity index (χ3v) is 4.71. The normalized spacial score (nSPS) is 11.8. The molecule has 1 amide bonds. The van der Waals surface area contributed by atoms with E-state index in [0.717, 1.165) is 18.3 Å². The fraction of sp³-hybridized carbons (Fsp3) is 0.100. The Labute approximate surface area is 184 Å². The number of carbonyl (C=O) groups is 1. The third kappa shape index (κ3) is 5.36. The van der Waals surface area contributed by atoms with Gasteiger partial charge in [-0.15, -0.1) is 0 Å². The van der Waals surface area contributed by atoms with E-state index in [2.05, 4.69) is 10.3 Å². The van der Waals surface area contributed by atoms with Crippen molar-refractivity contribution in [2.45, 2.75) is 6.17 Å². The van der Waals surface area contributed by atoms with Crippen LogP contribution in [0.2, 0.25) is 15.2 Å². The number of nitrogens with one attached hydrogen (secondary N) is 1. The molecule has 10 heteroatoms. The van der Waals surface area contributed by atoms with E-state index < -0.39 is 30.3 Å². The van der Waals surface area contributed by atoms with Crippen LogP contribution in [0.15, 0.2) is 48.7 Å². The van der Waals surface area contributed by atoms with Crippen molar-refractivity contribution >= 4 is 40.7 Å². The van der Waals surface area contributed by atoms with E-state index in [1.165, 1.54) is 30.3 Å². The van der Waals surface area contributed by atoms with E-state index in [0.29, 0.717) is 5.02 Å². The Hall–Kier alpha value is -2.48. The molecule has 1 heterocycles. The van der Waals surface area contributed by atoms with E-state index in [1.807, 2.05) is 0 Å². The molecule has 1 unspecified atom stereocenters. The van der Waals surface area contributed by atoms with Gasteiger partial charge in [-0.3, -0.25) is 4.79 Å². The van der Waals surface area contributed by atoms with Crippen molar-refractivity contribution in [1.29, 1.82) is 0 Å². The molecule has 0 spiro atoms. The molecule has 1 aromatic heterocycles. The summed E-state index contributed by atoms with van der Waals surface area (Å²) in [6, 6.07) is 8.35. The lowest BCUT2D eigenvalue weighted by molar-refractivity contribution is 0.0939. The lowest BCUT2D eigenvalue weighted by Crippen LogP contribution is -2.27. The van der Waals surface area contributed by atoms with Gasteiger partial charge in [0, 0.05) is 21.7 Å². The molecule has 0 aliphatic rings. The summed E-state index contributed by atoms with van der Waals surface area (Å²) in [6.07, 6.45) is -0.465. The van der Waals surface area contributed by atoms with Crippen molar-refractivity contribution in [3.05, 3.63) is 86.6 Å². The van der Waals surface area contributed by atoms with Gasteiger partial charge >= 0.3 is 0 Å². The fourth-order valence-electron chi connectivity index (χ4n) is 2.49. The average Bonchev–Trinajstić information content (AvgIpc) is 2.70. The van der Waals surface area contributed by atoms with E-state index in [1.54, 1.807) is 0 Å². The number of benzene rings is 2. The van der Waals surface area contributed by atoms with Gasteiger partial charge in [0.1, 0.15) is 17.1 Å². The summed E-state index contributed by atoms with van der Waals surface area (Å²) >= 11 is 17.6. The summed E-state index contributed by atoms with van der Waals surface area (Å²) in [5, 5.41) is 2.86. The number of carbonyl (C=O) groups excluding carboxylic acids is 1.